The maximum atomic E-state index is 13.3. The Kier molecular flexibility index (Phi) is 5.62. The number of anilines is 1. The van der Waals surface area contributed by atoms with Gasteiger partial charge in [0.05, 0.1) is 5.02 Å². The van der Waals surface area contributed by atoms with E-state index in [2.05, 4.69) is 5.32 Å². The standard InChI is InChI=1S/C22H16ClFN2O2/c1-13-4-3-5-20(14(13)2)26-22(27)16(12-25)10-17-7-9-21(28-17)15-6-8-19(24)18(23)11-15/h3-11H,1-2H3,(H,26,27)/b16-10-. The van der Waals surface area contributed by atoms with Crippen LogP contribution in [0.2, 0.25) is 5.02 Å². The van der Waals surface area contributed by atoms with E-state index in [0.29, 0.717) is 22.8 Å². The molecule has 0 saturated heterocycles. The first kappa shape index (κ1) is 19.4. The van der Waals surface area contributed by atoms with Crippen LogP contribution in [-0.4, -0.2) is 5.91 Å². The monoisotopic (exact) mass is 394 g/mol. The summed E-state index contributed by atoms with van der Waals surface area (Å²) in [5.74, 6) is -0.283. The molecule has 0 unspecified atom stereocenters. The van der Waals surface area contributed by atoms with E-state index in [1.54, 1.807) is 18.2 Å². The Hall–Kier alpha value is -3.36. The summed E-state index contributed by atoms with van der Waals surface area (Å²) in [5, 5.41) is 12.1. The zero-order valence-electron chi connectivity index (χ0n) is 15.2. The number of carbonyl (C=O) groups excluding carboxylic acids is 1. The van der Waals surface area contributed by atoms with Crippen molar-refractivity contribution in [2.75, 3.05) is 5.32 Å². The predicted octanol–water partition coefficient (Wildman–Crippen LogP) is 5.90. The summed E-state index contributed by atoms with van der Waals surface area (Å²) in [7, 11) is 0. The third-order valence-electron chi connectivity index (χ3n) is 4.34. The van der Waals surface area contributed by atoms with E-state index in [1.807, 2.05) is 32.0 Å². The van der Waals surface area contributed by atoms with E-state index < -0.39 is 11.7 Å². The minimum atomic E-state index is -0.529. The first-order valence-corrected chi connectivity index (χ1v) is 8.81. The fraction of sp³-hybridized carbons (Fsp3) is 0.0909. The second kappa shape index (κ2) is 8.12. The third-order valence-corrected chi connectivity index (χ3v) is 4.63. The Morgan fingerprint density at radius 1 is 1.21 bits per heavy atom. The van der Waals surface area contributed by atoms with Gasteiger partial charge < -0.3 is 9.73 Å². The predicted molar refractivity (Wildman–Crippen MR) is 107 cm³/mol. The maximum absolute atomic E-state index is 13.3. The molecule has 0 fully saturated rings. The summed E-state index contributed by atoms with van der Waals surface area (Å²) in [6.07, 6.45) is 1.36. The van der Waals surface area contributed by atoms with Crippen molar-refractivity contribution in [1.82, 2.24) is 0 Å². The van der Waals surface area contributed by atoms with Crippen LogP contribution in [0.25, 0.3) is 17.4 Å². The zero-order chi connectivity index (χ0) is 20.3. The highest BCUT2D eigenvalue weighted by Crippen LogP contribution is 2.27. The van der Waals surface area contributed by atoms with Gasteiger partial charge in [-0.05, 0) is 61.4 Å². The second-order valence-electron chi connectivity index (χ2n) is 6.20. The van der Waals surface area contributed by atoms with Gasteiger partial charge in [0.1, 0.15) is 29.0 Å². The van der Waals surface area contributed by atoms with Gasteiger partial charge in [0, 0.05) is 17.3 Å². The van der Waals surface area contributed by atoms with Gasteiger partial charge in [-0.25, -0.2) is 4.39 Å². The average molecular weight is 395 g/mol. The number of aryl methyl sites for hydroxylation is 1. The molecule has 1 aromatic heterocycles. The van der Waals surface area contributed by atoms with Crippen molar-refractivity contribution >= 4 is 29.3 Å². The highest BCUT2D eigenvalue weighted by molar-refractivity contribution is 6.31. The molecule has 0 spiro atoms. The van der Waals surface area contributed by atoms with E-state index in [0.717, 1.165) is 11.1 Å². The van der Waals surface area contributed by atoms with Crippen LogP contribution in [0.3, 0.4) is 0 Å². The van der Waals surface area contributed by atoms with Crippen LogP contribution in [0.5, 0.6) is 0 Å². The number of hydrogen-bond acceptors (Lipinski definition) is 3. The fourth-order valence-corrected chi connectivity index (χ4v) is 2.78. The molecule has 6 heteroatoms. The largest absolute Gasteiger partial charge is 0.457 e. The van der Waals surface area contributed by atoms with Gasteiger partial charge >= 0.3 is 0 Å². The molecule has 1 heterocycles. The average Bonchev–Trinajstić information content (AvgIpc) is 3.14. The lowest BCUT2D eigenvalue weighted by Gasteiger charge is -2.09. The van der Waals surface area contributed by atoms with Crippen LogP contribution in [0, 0.1) is 31.0 Å². The summed E-state index contributed by atoms with van der Waals surface area (Å²) in [6, 6.07) is 14.9. The first-order valence-electron chi connectivity index (χ1n) is 8.43. The lowest BCUT2D eigenvalue weighted by atomic mass is 10.1. The topological polar surface area (TPSA) is 66.0 Å². The number of amides is 1. The number of nitrogens with zero attached hydrogens (tertiary/aromatic N) is 1. The van der Waals surface area contributed by atoms with Crippen LogP contribution < -0.4 is 5.32 Å². The Bertz CT molecular complexity index is 1130. The molecule has 1 amide bonds. The van der Waals surface area contributed by atoms with Crippen molar-refractivity contribution in [3.63, 3.8) is 0 Å². The lowest BCUT2D eigenvalue weighted by molar-refractivity contribution is -0.112. The molecule has 0 saturated carbocycles. The Morgan fingerprint density at radius 3 is 2.71 bits per heavy atom. The molecular formula is C22H16ClFN2O2. The van der Waals surface area contributed by atoms with E-state index in [9.17, 15) is 14.4 Å². The van der Waals surface area contributed by atoms with Crippen LogP contribution in [0.4, 0.5) is 10.1 Å². The highest BCUT2D eigenvalue weighted by atomic mass is 35.5. The molecule has 28 heavy (non-hydrogen) atoms. The summed E-state index contributed by atoms with van der Waals surface area (Å²) < 4.78 is 19.0. The quantitative estimate of drug-likeness (QED) is 0.442. The number of benzene rings is 2. The molecule has 3 rings (SSSR count). The zero-order valence-corrected chi connectivity index (χ0v) is 16.0. The fourth-order valence-electron chi connectivity index (χ4n) is 2.60. The molecule has 0 aliphatic heterocycles. The molecule has 4 nitrogen and oxygen atoms in total. The smallest absolute Gasteiger partial charge is 0.266 e. The number of rotatable bonds is 4. The molecule has 0 bridgehead atoms. The molecule has 0 aliphatic carbocycles. The normalized spacial score (nSPS) is 11.2. The molecule has 140 valence electrons. The molecular weight excluding hydrogens is 379 g/mol. The Morgan fingerprint density at radius 2 is 2.00 bits per heavy atom. The van der Waals surface area contributed by atoms with Gasteiger partial charge in [0.25, 0.3) is 5.91 Å². The van der Waals surface area contributed by atoms with Crippen LogP contribution >= 0.6 is 11.6 Å². The van der Waals surface area contributed by atoms with Gasteiger partial charge in [0.15, 0.2) is 0 Å². The molecule has 2 aromatic carbocycles. The van der Waals surface area contributed by atoms with Crippen molar-refractivity contribution in [2.45, 2.75) is 13.8 Å². The lowest BCUT2D eigenvalue weighted by Crippen LogP contribution is -2.14. The number of halogens is 2. The maximum Gasteiger partial charge on any atom is 0.266 e. The van der Waals surface area contributed by atoms with Gasteiger partial charge in [-0.15, -0.1) is 0 Å². The van der Waals surface area contributed by atoms with Crippen LogP contribution in [0.1, 0.15) is 16.9 Å². The first-order chi connectivity index (χ1) is 13.4. The van der Waals surface area contributed by atoms with Crippen molar-refractivity contribution in [3.8, 4) is 17.4 Å². The molecule has 0 radical (unpaired) electrons. The van der Waals surface area contributed by atoms with E-state index >= 15 is 0 Å². The minimum absolute atomic E-state index is 0.0170. The summed E-state index contributed by atoms with van der Waals surface area (Å²) in [5.41, 5.74) is 3.10. The van der Waals surface area contributed by atoms with E-state index in [1.165, 1.54) is 24.3 Å². The van der Waals surface area contributed by atoms with Crippen molar-refractivity contribution in [2.24, 2.45) is 0 Å². The number of nitriles is 1. The number of hydrogen-bond donors (Lipinski definition) is 1. The van der Waals surface area contributed by atoms with Gasteiger partial charge in [-0.1, -0.05) is 23.7 Å². The van der Waals surface area contributed by atoms with Crippen LogP contribution in [0.15, 0.2) is 58.5 Å². The highest BCUT2D eigenvalue weighted by Gasteiger charge is 2.13. The summed E-state index contributed by atoms with van der Waals surface area (Å²) >= 11 is 5.80. The Labute approximate surface area is 166 Å². The van der Waals surface area contributed by atoms with Gasteiger partial charge in [-0.3, -0.25) is 4.79 Å². The SMILES string of the molecule is Cc1cccc(NC(=O)/C(C#N)=C\c2ccc(-c3ccc(F)c(Cl)c3)o2)c1C. The molecule has 1 N–H and O–H groups in total. The number of carbonyl (C=O) groups is 1. The molecule has 0 atom stereocenters. The molecule has 3 aromatic rings. The van der Waals surface area contributed by atoms with E-state index in [-0.39, 0.29) is 10.6 Å². The number of nitrogens with one attached hydrogen (secondary N) is 1. The second-order valence-corrected chi connectivity index (χ2v) is 6.61. The van der Waals surface area contributed by atoms with Crippen LogP contribution in [-0.2, 0) is 4.79 Å². The summed E-state index contributed by atoms with van der Waals surface area (Å²) in [6.45, 7) is 3.84. The molecule has 0 aliphatic rings. The van der Waals surface area contributed by atoms with Crippen molar-refractivity contribution in [3.05, 3.63) is 81.8 Å². The minimum Gasteiger partial charge on any atom is -0.457 e. The third kappa shape index (κ3) is 4.13. The van der Waals surface area contributed by atoms with E-state index in [4.69, 9.17) is 16.0 Å². The Balaban J connectivity index is 1.84. The van der Waals surface area contributed by atoms with Gasteiger partial charge in [-0.2, -0.15) is 5.26 Å². The number of furan rings is 1. The van der Waals surface area contributed by atoms with Crippen molar-refractivity contribution in [1.29, 1.82) is 5.26 Å². The van der Waals surface area contributed by atoms with Gasteiger partial charge in [0.2, 0.25) is 0 Å². The van der Waals surface area contributed by atoms with Crippen molar-refractivity contribution < 1.29 is 13.6 Å². The summed E-state index contributed by atoms with van der Waals surface area (Å²) in [4.78, 5) is 12.5.